The third-order valence-corrected chi connectivity index (χ3v) is 3.00. The minimum absolute atomic E-state index is 0.187. The lowest BCUT2D eigenvalue weighted by Crippen LogP contribution is -2.32. The molecule has 1 aromatic rings. The first kappa shape index (κ1) is 17.0. The highest BCUT2D eigenvalue weighted by molar-refractivity contribution is 5.18. The molecule has 0 saturated carbocycles. The van der Waals surface area contributed by atoms with Gasteiger partial charge >= 0.3 is 0 Å². The highest BCUT2D eigenvalue weighted by Crippen LogP contribution is 2.12. The summed E-state index contributed by atoms with van der Waals surface area (Å²) in [4.78, 5) is 0. The molecule has 0 fully saturated rings. The quantitative estimate of drug-likeness (QED) is 0.671. The zero-order chi connectivity index (χ0) is 14.8. The topological polar surface area (TPSA) is 30.5 Å². The van der Waals surface area contributed by atoms with Crippen LogP contribution in [0.25, 0.3) is 0 Å². The van der Waals surface area contributed by atoms with Crippen LogP contribution in [0.3, 0.4) is 0 Å². The molecule has 0 aliphatic rings. The van der Waals surface area contributed by atoms with Gasteiger partial charge in [0.25, 0.3) is 0 Å². The van der Waals surface area contributed by atoms with Crippen LogP contribution in [0, 0.1) is 11.6 Å². The predicted octanol–water partition coefficient (Wildman–Crippen LogP) is 2.54. The Morgan fingerprint density at radius 1 is 1.15 bits per heavy atom. The second-order valence-corrected chi connectivity index (χ2v) is 4.60. The lowest BCUT2D eigenvalue weighted by Gasteiger charge is -2.18. The van der Waals surface area contributed by atoms with Gasteiger partial charge in [0.2, 0.25) is 0 Å². The van der Waals surface area contributed by atoms with Gasteiger partial charge in [-0.3, -0.25) is 0 Å². The second kappa shape index (κ2) is 9.80. The van der Waals surface area contributed by atoms with Gasteiger partial charge in [0, 0.05) is 19.8 Å². The van der Waals surface area contributed by atoms with E-state index < -0.39 is 11.6 Å². The number of rotatable bonds is 10. The molecular formula is C15H23F2NO2. The van der Waals surface area contributed by atoms with Crippen molar-refractivity contribution >= 4 is 0 Å². The molecule has 3 nitrogen and oxygen atoms in total. The maximum Gasteiger partial charge on any atom is 0.159 e. The SMILES string of the molecule is CCNC(CCOCCOC)Cc1ccc(F)c(F)c1. The molecule has 20 heavy (non-hydrogen) atoms. The summed E-state index contributed by atoms with van der Waals surface area (Å²) in [7, 11) is 1.63. The fourth-order valence-electron chi connectivity index (χ4n) is 1.99. The first-order chi connectivity index (χ1) is 9.67. The Bertz CT molecular complexity index is 388. The van der Waals surface area contributed by atoms with Gasteiger partial charge in [0.05, 0.1) is 13.2 Å². The van der Waals surface area contributed by atoms with Crippen molar-refractivity contribution in [1.29, 1.82) is 0 Å². The van der Waals surface area contributed by atoms with E-state index >= 15 is 0 Å². The fourth-order valence-corrected chi connectivity index (χ4v) is 1.99. The van der Waals surface area contributed by atoms with Gasteiger partial charge in [-0.15, -0.1) is 0 Å². The number of likely N-dealkylation sites (N-methyl/N-ethyl adjacent to an activating group) is 1. The third kappa shape index (κ3) is 6.41. The maximum absolute atomic E-state index is 13.2. The van der Waals surface area contributed by atoms with E-state index in [0.29, 0.717) is 26.2 Å². The first-order valence-corrected chi connectivity index (χ1v) is 6.91. The normalized spacial score (nSPS) is 12.6. The third-order valence-electron chi connectivity index (χ3n) is 3.00. The number of hydrogen-bond donors (Lipinski definition) is 1. The van der Waals surface area contributed by atoms with Crippen molar-refractivity contribution in [2.75, 3.05) is 33.5 Å². The number of nitrogens with one attached hydrogen (secondary N) is 1. The molecule has 0 aliphatic heterocycles. The van der Waals surface area contributed by atoms with E-state index in [1.807, 2.05) is 6.92 Å². The molecule has 5 heteroatoms. The van der Waals surface area contributed by atoms with E-state index in [2.05, 4.69) is 5.32 Å². The average molecular weight is 287 g/mol. The van der Waals surface area contributed by atoms with Crippen LogP contribution in [-0.4, -0.2) is 39.5 Å². The average Bonchev–Trinajstić information content (AvgIpc) is 2.43. The van der Waals surface area contributed by atoms with Gasteiger partial charge in [-0.2, -0.15) is 0 Å². The van der Waals surface area contributed by atoms with E-state index in [4.69, 9.17) is 9.47 Å². The van der Waals surface area contributed by atoms with Crippen molar-refractivity contribution in [3.8, 4) is 0 Å². The molecule has 0 aromatic heterocycles. The molecule has 0 heterocycles. The van der Waals surface area contributed by atoms with Crippen LogP contribution < -0.4 is 5.32 Å². The molecule has 114 valence electrons. The lowest BCUT2D eigenvalue weighted by molar-refractivity contribution is 0.0659. The summed E-state index contributed by atoms with van der Waals surface area (Å²) in [6, 6.07) is 4.23. The Balaban J connectivity index is 2.42. The Kier molecular flexibility index (Phi) is 8.34. The number of benzene rings is 1. The smallest absolute Gasteiger partial charge is 0.159 e. The minimum Gasteiger partial charge on any atom is -0.382 e. The van der Waals surface area contributed by atoms with Gasteiger partial charge in [0.1, 0.15) is 0 Å². The molecule has 0 radical (unpaired) electrons. The van der Waals surface area contributed by atoms with Crippen molar-refractivity contribution in [3.05, 3.63) is 35.4 Å². The van der Waals surface area contributed by atoms with Crippen LogP contribution in [0.5, 0.6) is 0 Å². The molecule has 0 bridgehead atoms. The van der Waals surface area contributed by atoms with Crippen LogP contribution in [0.15, 0.2) is 18.2 Å². The summed E-state index contributed by atoms with van der Waals surface area (Å²) in [5, 5.41) is 3.33. The zero-order valence-electron chi connectivity index (χ0n) is 12.1. The largest absolute Gasteiger partial charge is 0.382 e. The fraction of sp³-hybridized carbons (Fsp3) is 0.600. The monoisotopic (exact) mass is 287 g/mol. The Labute approximate surface area is 119 Å². The summed E-state index contributed by atoms with van der Waals surface area (Å²) in [6.07, 6.45) is 1.47. The van der Waals surface area contributed by atoms with Gasteiger partial charge in [0.15, 0.2) is 11.6 Å². The van der Waals surface area contributed by atoms with Gasteiger partial charge in [-0.05, 0) is 37.1 Å². The molecule has 1 unspecified atom stereocenters. The van der Waals surface area contributed by atoms with Crippen LogP contribution in [-0.2, 0) is 15.9 Å². The molecule has 1 aromatic carbocycles. The van der Waals surface area contributed by atoms with E-state index in [0.717, 1.165) is 18.5 Å². The molecular weight excluding hydrogens is 264 g/mol. The predicted molar refractivity (Wildman–Crippen MR) is 74.8 cm³/mol. The number of methoxy groups -OCH3 is 1. The maximum atomic E-state index is 13.2. The molecule has 1 N–H and O–H groups in total. The van der Waals surface area contributed by atoms with E-state index in [1.54, 1.807) is 13.2 Å². The van der Waals surface area contributed by atoms with E-state index in [1.165, 1.54) is 12.1 Å². The number of ether oxygens (including phenoxy) is 2. The molecule has 0 spiro atoms. The Hall–Kier alpha value is -1.04. The Morgan fingerprint density at radius 2 is 1.95 bits per heavy atom. The summed E-state index contributed by atoms with van der Waals surface area (Å²) in [6.45, 7) is 4.61. The Morgan fingerprint density at radius 3 is 2.60 bits per heavy atom. The van der Waals surface area contributed by atoms with Crippen molar-refractivity contribution in [3.63, 3.8) is 0 Å². The number of halogens is 2. The van der Waals surface area contributed by atoms with Crippen molar-refractivity contribution in [2.24, 2.45) is 0 Å². The van der Waals surface area contributed by atoms with Crippen LogP contribution in [0.2, 0.25) is 0 Å². The molecule has 0 amide bonds. The van der Waals surface area contributed by atoms with Gasteiger partial charge in [-0.1, -0.05) is 13.0 Å². The molecule has 1 atom stereocenters. The summed E-state index contributed by atoms with van der Waals surface area (Å²) in [5.41, 5.74) is 0.784. The first-order valence-electron chi connectivity index (χ1n) is 6.91. The zero-order valence-corrected chi connectivity index (χ0v) is 12.1. The minimum atomic E-state index is -0.809. The van der Waals surface area contributed by atoms with Crippen LogP contribution in [0.4, 0.5) is 8.78 Å². The summed E-state index contributed by atoms with van der Waals surface area (Å²) in [5.74, 6) is -1.61. The van der Waals surface area contributed by atoms with Crippen molar-refractivity contribution in [1.82, 2.24) is 5.32 Å². The standard InChI is InChI=1S/C15H23F2NO2/c1-3-18-13(6-7-20-9-8-19-2)10-12-4-5-14(16)15(17)11-12/h4-5,11,13,18H,3,6-10H2,1-2H3. The second-order valence-electron chi connectivity index (χ2n) is 4.60. The van der Waals surface area contributed by atoms with Crippen molar-refractivity contribution in [2.45, 2.75) is 25.8 Å². The van der Waals surface area contributed by atoms with E-state index in [-0.39, 0.29) is 6.04 Å². The van der Waals surface area contributed by atoms with Crippen LogP contribution in [0.1, 0.15) is 18.9 Å². The lowest BCUT2D eigenvalue weighted by atomic mass is 10.0. The summed E-state index contributed by atoms with van der Waals surface area (Å²) >= 11 is 0. The number of hydrogen-bond acceptors (Lipinski definition) is 3. The molecule has 0 aliphatic carbocycles. The highest BCUT2D eigenvalue weighted by atomic mass is 19.2. The van der Waals surface area contributed by atoms with Gasteiger partial charge in [-0.25, -0.2) is 8.78 Å². The van der Waals surface area contributed by atoms with Crippen LogP contribution >= 0.6 is 0 Å². The molecule has 1 rings (SSSR count). The summed E-state index contributed by atoms with van der Waals surface area (Å²) < 4.78 is 36.4. The van der Waals surface area contributed by atoms with Crippen molar-refractivity contribution < 1.29 is 18.3 Å². The van der Waals surface area contributed by atoms with Gasteiger partial charge < -0.3 is 14.8 Å². The highest BCUT2D eigenvalue weighted by Gasteiger charge is 2.10. The van der Waals surface area contributed by atoms with E-state index in [9.17, 15) is 8.78 Å². The molecule has 0 saturated heterocycles.